The largest absolute Gasteiger partial charge is 0.383 e. The summed E-state index contributed by atoms with van der Waals surface area (Å²) in [6.07, 6.45) is 1.43. The molecule has 0 fully saturated rings. The van der Waals surface area contributed by atoms with Crippen molar-refractivity contribution >= 4 is 29.1 Å². The van der Waals surface area contributed by atoms with Crippen LogP contribution >= 0.6 is 11.6 Å². The lowest BCUT2D eigenvalue weighted by Crippen LogP contribution is -2.27. The molecule has 0 saturated carbocycles. The maximum Gasteiger partial charge on any atom is 0.274 e. The van der Waals surface area contributed by atoms with E-state index in [9.17, 15) is 9.59 Å². The molecule has 0 aliphatic heterocycles. The molecule has 0 atom stereocenters. The van der Waals surface area contributed by atoms with E-state index in [-0.39, 0.29) is 11.6 Å². The average Bonchev–Trinajstić information content (AvgIpc) is 2.57. The van der Waals surface area contributed by atoms with E-state index < -0.39 is 5.91 Å². The zero-order chi connectivity index (χ0) is 17.5. The van der Waals surface area contributed by atoms with E-state index in [0.717, 1.165) is 5.56 Å². The topological polar surface area (TPSA) is 80.3 Å². The molecule has 0 spiro atoms. The van der Waals surface area contributed by atoms with Gasteiger partial charge in [0.2, 0.25) is 0 Å². The van der Waals surface area contributed by atoms with Crippen LogP contribution in [0.15, 0.2) is 36.5 Å². The highest BCUT2D eigenvalue weighted by Gasteiger charge is 2.13. The van der Waals surface area contributed by atoms with Crippen LogP contribution in [0.1, 0.15) is 26.4 Å². The van der Waals surface area contributed by atoms with Crippen molar-refractivity contribution in [2.75, 3.05) is 25.6 Å². The van der Waals surface area contributed by atoms with Crippen molar-refractivity contribution in [3.63, 3.8) is 0 Å². The summed E-state index contributed by atoms with van der Waals surface area (Å²) in [4.78, 5) is 28.4. The zero-order valence-corrected chi connectivity index (χ0v) is 14.2. The smallest absolute Gasteiger partial charge is 0.274 e. The number of halogens is 1. The van der Waals surface area contributed by atoms with Crippen LogP contribution in [0.2, 0.25) is 5.02 Å². The molecule has 2 N–H and O–H groups in total. The summed E-state index contributed by atoms with van der Waals surface area (Å²) in [7, 11) is 1.56. The van der Waals surface area contributed by atoms with Gasteiger partial charge in [-0.15, -0.1) is 0 Å². The van der Waals surface area contributed by atoms with Crippen LogP contribution in [0.3, 0.4) is 0 Å². The molecule has 126 valence electrons. The Labute approximate surface area is 145 Å². The molecular formula is C17H18ClN3O3. The molecule has 0 radical (unpaired) electrons. The molecule has 0 aliphatic carbocycles. The standard InChI is InChI=1S/C17H18ClN3O3/c1-11-9-13(18)3-4-14(11)21-17(23)15-10-12(5-6-19-15)16(22)20-7-8-24-2/h3-6,9-10H,7-8H2,1-2H3,(H,20,22)(H,21,23). The highest BCUT2D eigenvalue weighted by Crippen LogP contribution is 2.20. The Morgan fingerprint density at radius 3 is 2.71 bits per heavy atom. The summed E-state index contributed by atoms with van der Waals surface area (Å²) in [6, 6.07) is 8.16. The number of benzene rings is 1. The average molecular weight is 348 g/mol. The van der Waals surface area contributed by atoms with Gasteiger partial charge in [0.1, 0.15) is 5.69 Å². The van der Waals surface area contributed by atoms with Crippen LogP contribution < -0.4 is 10.6 Å². The molecule has 0 unspecified atom stereocenters. The lowest BCUT2D eigenvalue weighted by atomic mass is 10.2. The first-order valence-corrected chi connectivity index (χ1v) is 7.69. The SMILES string of the molecule is COCCNC(=O)c1ccnc(C(=O)Nc2ccc(Cl)cc2C)c1. The third kappa shape index (κ3) is 4.78. The molecular weight excluding hydrogens is 330 g/mol. The first-order chi connectivity index (χ1) is 11.5. The summed E-state index contributed by atoms with van der Waals surface area (Å²) in [5.74, 6) is -0.682. The van der Waals surface area contributed by atoms with E-state index in [0.29, 0.717) is 29.4 Å². The number of aromatic nitrogens is 1. The third-order valence-electron chi connectivity index (χ3n) is 3.28. The maximum atomic E-state index is 12.3. The first-order valence-electron chi connectivity index (χ1n) is 7.32. The Balaban J connectivity index is 2.09. The van der Waals surface area contributed by atoms with Gasteiger partial charge in [-0.3, -0.25) is 14.6 Å². The number of hydrogen-bond acceptors (Lipinski definition) is 4. The number of hydrogen-bond donors (Lipinski definition) is 2. The number of nitrogens with one attached hydrogen (secondary N) is 2. The number of pyridine rings is 1. The van der Waals surface area contributed by atoms with Gasteiger partial charge in [0.15, 0.2) is 0 Å². The van der Waals surface area contributed by atoms with E-state index >= 15 is 0 Å². The number of ether oxygens (including phenoxy) is 1. The highest BCUT2D eigenvalue weighted by atomic mass is 35.5. The maximum absolute atomic E-state index is 12.3. The van der Waals surface area contributed by atoms with Crippen LogP contribution in [0.25, 0.3) is 0 Å². The van der Waals surface area contributed by atoms with Gasteiger partial charge in [-0.05, 0) is 42.8 Å². The predicted molar refractivity (Wildman–Crippen MR) is 92.6 cm³/mol. The Morgan fingerprint density at radius 2 is 2.00 bits per heavy atom. The van der Waals surface area contributed by atoms with Gasteiger partial charge in [-0.25, -0.2) is 0 Å². The first kappa shape index (κ1) is 17.9. The molecule has 2 aromatic rings. The van der Waals surface area contributed by atoms with Gasteiger partial charge in [0, 0.05) is 36.1 Å². The van der Waals surface area contributed by atoms with Crippen LogP contribution in [0.4, 0.5) is 5.69 Å². The van der Waals surface area contributed by atoms with Crippen LogP contribution in [-0.2, 0) is 4.74 Å². The molecule has 1 heterocycles. The summed E-state index contributed by atoms with van der Waals surface area (Å²) in [5.41, 5.74) is 1.99. The van der Waals surface area contributed by atoms with Gasteiger partial charge >= 0.3 is 0 Å². The number of aryl methyl sites for hydroxylation is 1. The summed E-state index contributed by atoms with van der Waals surface area (Å²) < 4.78 is 4.88. The summed E-state index contributed by atoms with van der Waals surface area (Å²) in [5, 5.41) is 6.05. The van der Waals surface area contributed by atoms with Gasteiger partial charge in [0.25, 0.3) is 11.8 Å². The second-order valence-electron chi connectivity index (χ2n) is 5.09. The fraction of sp³-hybridized carbons (Fsp3) is 0.235. The van der Waals surface area contributed by atoms with E-state index in [1.807, 2.05) is 6.92 Å². The Morgan fingerprint density at radius 1 is 1.21 bits per heavy atom. The van der Waals surface area contributed by atoms with E-state index in [1.165, 1.54) is 12.3 Å². The van der Waals surface area contributed by atoms with E-state index in [1.54, 1.807) is 31.4 Å². The van der Waals surface area contributed by atoms with Crippen LogP contribution in [-0.4, -0.2) is 37.1 Å². The Bertz CT molecular complexity index is 750. The molecule has 0 bridgehead atoms. The minimum Gasteiger partial charge on any atom is -0.383 e. The molecule has 0 aliphatic rings. The Hall–Kier alpha value is -2.44. The van der Waals surface area contributed by atoms with Crippen LogP contribution in [0, 0.1) is 6.92 Å². The lowest BCUT2D eigenvalue weighted by Gasteiger charge is -2.09. The molecule has 1 aromatic carbocycles. The molecule has 7 heteroatoms. The number of carbonyl (C=O) groups is 2. The lowest BCUT2D eigenvalue weighted by molar-refractivity contribution is 0.0937. The molecule has 24 heavy (non-hydrogen) atoms. The molecule has 2 rings (SSSR count). The summed E-state index contributed by atoms with van der Waals surface area (Å²) in [6.45, 7) is 2.65. The van der Waals surface area contributed by atoms with Gasteiger partial charge in [-0.1, -0.05) is 11.6 Å². The predicted octanol–water partition coefficient (Wildman–Crippen LogP) is 2.67. The second kappa shape index (κ2) is 8.42. The minimum atomic E-state index is -0.396. The normalized spacial score (nSPS) is 10.3. The van der Waals surface area contributed by atoms with E-state index in [4.69, 9.17) is 16.3 Å². The van der Waals surface area contributed by atoms with Crippen molar-refractivity contribution in [1.82, 2.24) is 10.3 Å². The van der Waals surface area contributed by atoms with Crippen molar-refractivity contribution in [3.8, 4) is 0 Å². The number of carbonyl (C=O) groups excluding carboxylic acids is 2. The Kier molecular flexibility index (Phi) is 6.28. The fourth-order valence-corrected chi connectivity index (χ4v) is 2.24. The molecule has 1 aromatic heterocycles. The van der Waals surface area contributed by atoms with E-state index in [2.05, 4.69) is 15.6 Å². The van der Waals surface area contributed by atoms with Gasteiger partial charge in [-0.2, -0.15) is 0 Å². The fourth-order valence-electron chi connectivity index (χ4n) is 2.02. The number of methoxy groups -OCH3 is 1. The van der Waals surface area contributed by atoms with Gasteiger partial charge < -0.3 is 15.4 Å². The minimum absolute atomic E-state index is 0.156. The molecule has 0 saturated heterocycles. The molecule has 2 amide bonds. The van der Waals surface area contributed by atoms with Gasteiger partial charge in [0.05, 0.1) is 6.61 Å². The third-order valence-corrected chi connectivity index (χ3v) is 3.52. The highest BCUT2D eigenvalue weighted by molar-refractivity contribution is 6.30. The van der Waals surface area contributed by atoms with Crippen molar-refractivity contribution < 1.29 is 14.3 Å². The number of amides is 2. The zero-order valence-electron chi connectivity index (χ0n) is 13.4. The number of anilines is 1. The van der Waals surface area contributed by atoms with Crippen LogP contribution in [0.5, 0.6) is 0 Å². The van der Waals surface area contributed by atoms with Crippen molar-refractivity contribution in [1.29, 1.82) is 0 Å². The number of rotatable bonds is 6. The second-order valence-corrected chi connectivity index (χ2v) is 5.53. The number of nitrogens with zero attached hydrogens (tertiary/aromatic N) is 1. The van der Waals surface area contributed by atoms with Crippen molar-refractivity contribution in [2.45, 2.75) is 6.92 Å². The molecule has 6 nitrogen and oxygen atoms in total. The van der Waals surface area contributed by atoms with Crippen molar-refractivity contribution in [2.24, 2.45) is 0 Å². The van der Waals surface area contributed by atoms with Crippen molar-refractivity contribution in [3.05, 3.63) is 58.4 Å². The summed E-state index contributed by atoms with van der Waals surface area (Å²) >= 11 is 5.90. The quantitative estimate of drug-likeness (QED) is 0.787. The monoisotopic (exact) mass is 347 g/mol.